The molecule has 33 heavy (non-hydrogen) atoms. The van der Waals surface area contributed by atoms with Crippen LogP contribution in [0.1, 0.15) is 38.7 Å². The van der Waals surface area contributed by atoms with Crippen molar-refractivity contribution in [1.82, 2.24) is 9.80 Å². The summed E-state index contributed by atoms with van der Waals surface area (Å²) in [5.41, 5.74) is 2.31. The van der Waals surface area contributed by atoms with Gasteiger partial charge >= 0.3 is 5.97 Å². The van der Waals surface area contributed by atoms with Crippen LogP contribution in [0, 0.1) is 23.2 Å². The van der Waals surface area contributed by atoms with Crippen LogP contribution in [0.4, 0.5) is 0 Å². The number of carbonyl (C=O) groups excluding carboxylic acids is 1. The van der Waals surface area contributed by atoms with Crippen molar-refractivity contribution >= 4 is 12.0 Å². The molecule has 3 fully saturated rings. The summed E-state index contributed by atoms with van der Waals surface area (Å²) in [7, 11) is 0. The highest BCUT2D eigenvalue weighted by molar-refractivity contribution is 5.76. The minimum Gasteiger partial charge on any atom is -0.461 e. The van der Waals surface area contributed by atoms with E-state index in [-0.39, 0.29) is 29.3 Å². The largest absolute Gasteiger partial charge is 0.461 e. The van der Waals surface area contributed by atoms with E-state index in [1.165, 1.54) is 11.1 Å². The first-order chi connectivity index (χ1) is 16.0. The molecule has 1 aromatic rings. The van der Waals surface area contributed by atoms with Crippen molar-refractivity contribution in [2.75, 3.05) is 39.3 Å². The van der Waals surface area contributed by atoms with Gasteiger partial charge in [-0.2, -0.15) is 0 Å². The van der Waals surface area contributed by atoms with Crippen LogP contribution < -0.4 is 0 Å². The SMILES string of the molecule is C[C@H]1CCC=C2C[C@H]3OC(=O)[C@H](CN4CCN(CC=Cc5ccccc5)CC4)[C@@H]3[C@@H](O)[C@@]21C. The van der Waals surface area contributed by atoms with Gasteiger partial charge in [-0.15, -0.1) is 0 Å². The van der Waals surface area contributed by atoms with E-state index in [0.717, 1.165) is 52.0 Å². The van der Waals surface area contributed by atoms with Gasteiger partial charge in [0, 0.05) is 57.0 Å². The number of esters is 1. The van der Waals surface area contributed by atoms with Crippen molar-refractivity contribution in [1.29, 1.82) is 0 Å². The van der Waals surface area contributed by atoms with E-state index in [1.54, 1.807) is 0 Å². The molecule has 5 rings (SSSR count). The van der Waals surface area contributed by atoms with E-state index in [9.17, 15) is 9.90 Å². The summed E-state index contributed by atoms with van der Waals surface area (Å²) in [4.78, 5) is 17.8. The van der Waals surface area contributed by atoms with Crippen LogP contribution in [0.2, 0.25) is 0 Å². The lowest BCUT2D eigenvalue weighted by Crippen LogP contribution is -2.55. The van der Waals surface area contributed by atoms with Gasteiger partial charge in [-0.3, -0.25) is 14.6 Å². The van der Waals surface area contributed by atoms with Crippen LogP contribution in [-0.2, 0) is 9.53 Å². The Morgan fingerprint density at radius 1 is 1.15 bits per heavy atom. The molecule has 0 unspecified atom stereocenters. The van der Waals surface area contributed by atoms with Crippen LogP contribution in [0.5, 0.6) is 0 Å². The van der Waals surface area contributed by atoms with E-state index < -0.39 is 6.10 Å². The summed E-state index contributed by atoms with van der Waals surface area (Å²) in [5.74, 6) is 0.0131. The fourth-order valence-corrected chi connectivity index (χ4v) is 6.61. The van der Waals surface area contributed by atoms with Gasteiger partial charge in [0.1, 0.15) is 6.10 Å². The Hall–Kier alpha value is -1.95. The van der Waals surface area contributed by atoms with Crippen molar-refractivity contribution in [3.8, 4) is 0 Å². The number of rotatable bonds is 5. The predicted octanol–water partition coefficient (Wildman–Crippen LogP) is 3.60. The molecule has 2 heterocycles. The molecule has 6 atom stereocenters. The first kappa shape index (κ1) is 22.8. The number of piperazine rings is 1. The molecule has 0 aromatic heterocycles. The second kappa shape index (κ2) is 9.36. The second-order valence-corrected chi connectivity index (χ2v) is 10.7. The normalized spacial score (nSPS) is 37.5. The Kier molecular flexibility index (Phi) is 6.47. The van der Waals surface area contributed by atoms with Crippen LogP contribution in [0.25, 0.3) is 6.08 Å². The number of hydrogen-bond acceptors (Lipinski definition) is 5. The Bertz CT molecular complexity index is 905. The highest BCUT2D eigenvalue weighted by atomic mass is 16.6. The molecule has 5 nitrogen and oxygen atoms in total. The number of benzene rings is 1. The molecule has 0 spiro atoms. The van der Waals surface area contributed by atoms with Crippen molar-refractivity contribution in [3.63, 3.8) is 0 Å². The molecule has 0 radical (unpaired) electrons. The predicted molar refractivity (Wildman–Crippen MR) is 130 cm³/mol. The maximum absolute atomic E-state index is 12.9. The van der Waals surface area contributed by atoms with Crippen LogP contribution in [0.15, 0.2) is 48.1 Å². The summed E-state index contributed by atoms with van der Waals surface area (Å²) in [5, 5.41) is 11.5. The number of fused-ring (bicyclic) bond motifs is 2. The zero-order chi connectivity index (χ0) is 23.0. The van der Waals surface area contributed by atoms with Gasteiger partial charge in [-0.25, -0.2) is 0 Å². The van der Waals surface area contributed by atoms with Gasteiger partial charge in [-0.05, 0) is 24.3 Å². The van der Waals surface area contributed by atoms with E-state index in [4.69, 9.17) is 4.74 Å². The summed E-state index contributed by atoms with van der Waals surface area (Å²) in [6.07, 6.45) is 9.01. The van der Waals surface area contributed by atoms with Gasteiger partial charge in [0.25, 0.3) is 0 Å². The average molecular weight is 451 g/mol. The molecule has 1 saturated carbocycles. The lowest BCUT2D eigenvalue weighted by Gasteiger charge is -2.52. The molecule has 1 N–H and O–H groups in total. The molecule has 5 heteroatoms. The number of ether oxygens (including phenoxy) is 1. The molecule has 2 aliphatic carbocycles. The number of nitrogens with zero attached hydrogens (tertiary/aromatic N) is 2. The number of aliphatic hydroxyl groups is 1. The number of aliphatic hydroxyl groups excluding tert-OH is 1. The van der Waals surface area contributed by atoms with Gasteiger partial charge < -0.3 is 9.84 Å². The Labute approximate surface area is 198 Å². The van der Waals surface area contributed by atoms with Crippen molar-refractivity contribution < 1.29 is 14.6 Å². The van der Waals surface area contributed by atoms with E-state index in [1.807, 2.05) is 6.07 Å². The van der Waals surface area contributed by atoms with E-state index in [2.05, 4.69) is 66.1 Å². The van der Waals surface area contributed by atoms with Crippen molar-refractivity contribution in [2.24, 2.45) is 23.2 Å². The third-order valence-electron chi connectivity index (χ3n) is 8.96. The number of allylic oxidation sites excluding steroid dienone is 1. The van der Waals surface area contributed by atoms with Gasteiger partial charge in [0.2, 0.25) is 0 Å². The molecular formula is C28H38N2O3. The Morgan fingerprint density at radius 3 is 2.64 bits per heavy atom. The summed E-state index contributed by atoms with van der Waals surface area (Å²) < 4.78 is 5.85. The molecule has 178 valence electrons. The molecule has 0 amide bonds. The molecule has 0 bridgehead atoms. The van der Waals surface area contributed by atoms with E-state index in [0.29, 0.717) is 12.5 Å². The van der Waals surface area contributed by atoms with Crippen LogP contribution in [0.3, 0.4) is 0 Å². The van der Waals surface area contributed by atoms with Gasteiger partial charge in [0.15, 0.2) is 0 Å². The highest BCUT2D eigenvalue weighted by Crippen LogP contribution is 2.56. The lowest BCUT2D eigenvalue weighted by molar-refractivity contribution is -0.145. The molecule has 2 saturated heterocycles. The average Bonchev–Trinajstić information content (AvgIpc) is 3.13. The van der Waals surface area contributed by atoms with E-state index >= 15 is 0 Å². The highest BCUT2D eigenvalue weighted by Gasteiger charge is 2.59. The minimum absolute atomic E-state index is 0.0907. The lowest BCUT2D eigenvalue weighted by atomic mass is 9.55. The standard InChI is InChI=1S/C28H38N2O3/c1-20-8-6-12-22-18-24-25(26(31)28(20,22)2)23(27(32)33-24)19-30-16-14-29(15-17-30)13-7-11-21-9-4-3-5-10-21/h3-5,7,9-12,20,23-26,31H,6,8,13-19H2,1-2H3/t20-,23+,24+,25-,26+,28+/m0/s1. The smallest absolute Gasteiger partial charge is 0.311 e. The summed E-state index contributed by atoms with van der Waals surface area (Å²) in [6, 6.07) is 10.4. The van der Waals surface area contributed by atoms with Gasteiger partial charge in [-0.1, -0.05) is 68.0 Å². The first-order valence-corrected chi connectivity index (χ1v) is 12.7. The van der Waals surface area contributed by atoms with Crippen molar-refractivity contribution in [3.05, 3.63) is 53.6 Å². The van der Waals surface area contributed by atoms with Crippen LogP contribution in [-0.4, -0.2) is 72.4 Å². The fourth-order valence-electron chi connectivity index (χ4n) is 6.61. The first-order valence-electron chi connectivity index (χ1n) is 12.7. The zero-order valence-electron chi connectivity index (χ0n) is 20.0. The topological polar surface area (TPSA) is 53.0 Å². The maximum atomic E-state index is 12.9. The second-order valence-electron chi connectivity index (χ2n) is 10.7. The Balaban J connectivity index is 1.18. The molecule has 4 aliphatic rings. The molecular weight excluding hydrogens is 412 g/mol. The van der Waals surface area contributed by atoms with Crippen molar-refractivity contribution in [2.45, 2.75) is 45.3 Å². The molecule has 1 aromatic carbocycles. The number of carbonyl (C=O) groups is 1. The van der Waals surface area contributed by atoms with Crippen LogP contribution >= 0.6 is 0 Å². The number of hydrogen-bond donors (Lipinski definition) is 1. The zero-order valence-corrected chi connectivity index (χ0v) is 20.0. The third kappa shape index (κ3) is 4.31. The fraction of sp³-hybridized carbons (Fsp3) is 0.607. The molecule has 2 aliphatic heterocycles. The Morgan fingerprint density at radius 2 is 1.88 bits per heavy atom. The minimum atomic E-state index is -0.515. The van der Waals surface area contributed by atoms with Gasteiger partial charge in [0.05, 0.1) is 12.0 Å². The summed E-state index contributed by atoms with van der Waals surface area (Å²) >= 11 is 0. The quantitative estimate of drug-likeness (QED) is 0.549. The third-order valence-corrected chi connectivity index (χ3v) is 8.96. The summed E-state index contributed by atoms with van der Waals surface area (Å²) in [6.45, 7) is 10.0. The maximum Gasteiger partial charge on any atom is 0.311 e. The monoisotopic (exact) mass is 450 g/mol.